The number of nitrogen functional groups attached to an aromatic ring is 1. The molecule has 1 saturated heterocycles. The molecular formula is C13H24N6. The molecule has 1 aromatic rings. The number of nitrogens with one attached hydrogen (secondary N) is 1. The van der Waals surface area contributed by atoms with Crippen LogP contribution in [-0.2, 0) is 6.54 Å². The first-order valence-corrected chi connectivity index (χ1v) is 6.93. The summed E-state index contributed by atoms with van der Waals surface area (Å²) in [5.41, 5.74) is 3.46. The van der Waals surface area contributed by atoms with Gasteiger partial charge in [0.1, 0.15) is 0 Å². The first-order chi connectivity index (χ1) is 9.22. The molecule has 1 aromatic heterocycles. The van der Waals surface area contributed by atoms with E-state index in [1.807, 2.05) is 0 Å². The van der Waals surface area contributed by atoms with Crippen LogP contribution < -0.4 is 11.3 Å². The molecule has 0 spiro atoms. The SMILES string of the molecule is CCN1CCCC1CN(C)Cc1cnc(NN)cn1. The van der Waals surface area contributed by atoms with Crippen LogP contribution in [0.2, 0.25) is 0 Å². The lowest BCUT2D eigenvalue weighted by atomic mass is 10.2. The molecule has 1 fully saturated rings. The summed E-state index contributed by atoms with van der Waals surface area (Å²) in [5, 5.41) is 0. The van der Waals surface area contributed by atoms with Crippen molar-refractivity contribution in [3.63, 3.8) is 0 Å². The fraction of sp³-hybridized carbons (Fsp3) is 0.692. The van der Waals surface area contributed by atoms with Gasteiger partial charge in [-0.2, -0.15) is 0 Å². The van der Waals surface area contributed by atoms with E-state index in [-0.39, 0.29) is 0 Å². The van der Waals surface area contributed by atoms with Gasteiger partial charge >= 0.3 is 0 Å². The molecule has 6 heteroatoms. The van der Waals surface area contributed by atoms with E-state index in [1.54, 1.807) is 12.4 Å². The van der Waals surface area contributed by atoms with Crippen LogP contribution in [0.1, 0.15) is 25.5 Å². The van der Waals surface area contributed by atoms with Crippen molar-refractivity contribution in [1.82, 2.24) is 19.8 Å². The van der Waals surface area contributed by atoms with Gasteiger partial charge in [-0.3, -0.25) is 14.8 Å². The first-order valence-electron chi connectivity index (χ1n) is 6.93. The van der Waals surface area contributed by atoms with Gasteiger partial charge in [0.05, 0.1) is 18.1 Å². The van der Waals surface area contributed by atoms with E-state index < -0.39 is 0 Å². The average Bonchev–Trinajstić information content (AvgIpc) is 2.86. The van der Waals surface area contributed by atoms with Crippen LogP contribution in [0.25, 0.3) is 0 Å². The van der Waals surface area contributed by atoms with Crippen LogP contribution in [0.3, 0.4) is 0 Å². The monoisotopic (exact) mass is 264 g/mol. The summed E-state index contributed by atoms with van der Waals surface area (Å²) in [6.45, 7) is 6.54. The molecule has 19 heavy (non-hydrogen) atoms. The molecule has 1 unspecified atom stereocenters. The second-order valence-electron chi connectivity index (χ2n) is 5.16. The minimum atomic E-state index is 0.597. The van der Waals surface area contributed by atoms with Crippen molar-refractivity contribution in [2.75, 3.05) is 32.1 Å². The molecule has 6 nitrogen and oxygen atoms in total. The largest absolute Gasteiger partial charge is 0.307 e. The predicted molar refractivity (Wildman–Crippen MR) is 76.4 cm³/mol. The molecule has 2 rings (SSSR count). The zero-order valence-corrected chi connectivity index (χ0v) is 11.8. The summed E-state index contributed by atoms with van der Waals surface area (Å²) in [6, 6.07) is 0.688. The van der Waals surface area contributed by atoms with Gasteiger partial charge in [-0.25, -0.2) is 10.8 Å². The minimum absolute atomic E-state index is 0.597. The number of aromatic nitrogens is 2. The standard InChI is InChI=1S/C13H24N6/c1-3-19-6-4-5-12(19)10-18(2)9-11-7-16-13(17-14)8-15-11/h7-8,12H,3-6,9-10,14H2,1-2H3,(H,16,17). The lowest BCUT2D eigenvalue weighted by molar-refractivity contribution is 0.193. The molecule has 1 aliphatic heterocycles. The van der Waals surface area contributed by atoms with Crippen molar-refractivity contribution in [3.05, 3.63) is 18.1 Å². The normalized spacial score (nSPS) is 20.1. The number of nitrogens with two attached hydrogens (primary N) is 1. The van der Waals surface area contributed by atoms with E-state index in [0.717, 1.165) is 25.3 Å². The highest BCUT2D eigenvalue weighted by Crippen LogP contribution is 2.17. The zero-order chi connectivity index (χ0) is 13.7. The lowest BCUT2D eigenvalue weighted by Gasteiger charge is -2.27. The first kappa shape index (κ1) is 14.2. The molecule has 0 aliphatic carbocycles. The number of rotatable bonds is 6. The van der Waals surface area contributed by atoms with Crippen LogP contribution in [0, 0.1) is 0 Å². The van der Waals surface area contributed by atoms with E-state index in [4.69, 9.17) is 5.84 Å². The summed E-state index contributed by atoms with van der Waals surface area (Å²) in [5.74, 6) is 5.87. The van der Waals surface area contributed by atoms with Gasteiger partial charge in [-0.1, -0.05) is 6.92 Å². The van der Waals surface area contributed by atoms with Gasteiger partial charge in [0.25, 0.3) is 0 Å². The van der Waals surface area contributed by atoms with Gasteiger partial charge in [0.2, 0.25) is 0 Å². The Balaban J connectivity index is 1.84. The quantitative estimate of drug-likeness (QED) is 0.581. The lowest BCUT2D eigenvalue weighted by Crippen LogP contribution is -2.38. The van der Waals surface area contributed by atoms with E-state index in [9.17, 15) is 0 Å². The van der Waals surface area contributed by atoms with Gasteiger partial charge in [-0.05, 0) is 33.0 Å². The topological polar surface area (TPSA) is 70.3 Å². The summed E-state index contributed by atoms with van der Waals surface area (Å²) in [4.78, 5) is 13.4. The number of anilines is 1. The summed E-state index contributed by atoms with van der Waals surface area (Å²) < 4.78 is 0. The fourth-order valence-electron chi connectivity index (χ4n) is 2.73. The molecule has 0 aromatic carbocycles. The third-order valence-corrected chi connectivity index (χ3v) is 3.71. The Bertz CT molecular complexity index is 379. The Kier molecular flexibility index (Phi) is 5.07. The van der Waals surface area contributed by atoms with E-state index >= 15 is 0 Å². The summed E-state index contributed by atoms with van der Waals surface area (Å²) >= 11 is 0. The Morgan fingerprint density at radius 2 is 2.32 bits per heavy atom. The minimum Gasteiger partial charge on any atom is -0.307 e. The van der Waals surface area contributed by atoms with E-state index in [2.05, 4.69) is 39.2 Å². The Morgan fingerprint density at radius 3 is 2.95 bits per heavy atom. The van der Waals surface area contributed by atoms with E-state index in [0.29, 0.717) is 11.9 Å². The molecule has 0 saturated carbocycles. The van der Waals surface area contributed by atoms with Crippen molar-refractivity contribution in [3.8, 4) is 0 Å². The third-order valence-electron chi connectivity index (χ3n) is 3.71. The maximum absolute atomic E-state index is 5.27. The molecule has 2 heterocycles. The van der Waals surface area contributed by atoms with Crippen LogP contribution in [0.15, 0.2) is 12.4 Å². The van der Waals surface area contributed by atoms with Crippen molar-refractivity contribution >= 4 is 5.82 Å². The smallest absolute Gasteiger partial charge is 0.158 e. The molecule has 1 atom stereocenters. The Hall–Kier alpha value is -1.24. The van der Waals surface area contributed by atoms with Crippen molar-refractivity contribution in [2.24, 2.45) is 5.84 Å². The van der Waals surface area contributed by atoms with Gasteiger partial charge in [-0.15, -0.1) is 0 Å². The number of likely N-dealkylation sites (N-methyl/N-ethyl adjacent to an activating group) is 2. The van der Waals surface area contributed by atoms with Crippen molar-refractivity contribution in [1.29, 1.82) is 0 Å². The molecule has 106 valence electrons. The molecule has 0 radical (unpaired) electrons. The van der Waals surface area contributed by atoms with Gasteiger partial charge in [0.15, 0.2) is 5.82 Å². The van der Waals surface area contributed by atoms with Crippen molar-refractivity contribution < 1.29 is 0 Å². The fourth-order valence-corrected chi connectivity index (χ4v) is 2.73. The van der Waals surface area contributed by atoms with E-state index in [1.165, 1.54) is 19.4 Å². The number of nitrogens with zero attached hydrogens (tertiary/aromatic N) is 4. The van der Waals surface area contributed by atoms with Gasteiger partial charge in [0, 0.05) is 19.1 Å². The maximum atomic E-state index is 5.27. The third kappa shape index (κ3) is 3.86. The van der Waals surface area contributed by atoms with Crippen LogP contribution >= 0.6 is 0 Å². The second-order valence-corrected chi connectivity index (χ2v) is 5.16. The van der Waals surface area contributed by atoms with Crippen LogP contribution in [0.4, 0.5) is 5.82 Å². The Morgan fingerprint density at radius 1 is 1.47 bits per heavy atom. The van der Waals surface area contributed by atoms with Crippen LogP contribution in [-0.4, -0.2) is 52.5 Å². The molecule has 0 amide bonds. The highest BCUT2D eigenvalue weighted by atomic mass is 15.3. The highest BCUT2D eigenvalue weighted by Gasteiger charge is 2.23. The molecular weight excluding hydrogens is 240 g/mol. The van der Waals surface area contributed by atoms with Gasteiger partial charge < -0.3 is 5.43 Å². The summed E-state index contributed by atoms with van der Waals surface area (Å²) in [7, 11) is 2.14. The maximum Gasteiger partial charge on any atom is 0.158 e. The number of hydrogen-bond donors (Lipinski definition) is 2. The predicted octanol–water partition coefficient (Wildman–Crippen LogP) is 0.678. The highest BCUT2D eigenvalue weighted by molar-refractivity contribution is 5.28. The molecule has 3 N–H and O–H groups in total. The number of hydrazine groups is 1. The number of hydrogen-bond acceptors (Lipinski definition) is 6. The molecule has 1 aliphatic rings. The van der Waals surface area contributed by atoms with Crippen molar-refractivity contribution in [2.45, 2.75) is 32.4 Å². The average molecular weight is 264 g/mol. The van der Waals surface area contributed by atoms with Crippen LogP contribution in [0.5, 0.6) is 0 Å². The Labute approximate surface area is 115 Å². The second kappa shape index (κ2) is 6.79. The number of likely N-dealkylation sites (tertiary alicyclic amines) is 1. The zero-order valence-electron chi connectivity index (χ0n) is 11.8. The molecule has 0 bridgehead atoms. The summed E-state index contributed by atoms with van der Waals surface area (Å²) in [6.07, 6.45) is 6.07.